The zero-order valence-corrected chi connectivity index (χ0v) is 13.8. The molecular formula is C15H15ClN2O3S. The van der Waals surface area contributed by atoms with Gasteiger partial charge in [0.05, 0.1) is 17.3 Å². The topological polar surface area (TPSA) is 68.3 Å². The van der Waals surface area contributed by atoms with Crippen LogP contribution in [0.1, 0.15) is 22.3 Å². The minimum absolute atomic E-state index is 0.161. The zero-order valence-electron chi connectivity index (χ0n) is 12.2. The number of nitrogens with one attached hydrogen (secondary N) is 1. The monoisotopic (exact) mass is 338 g/mol. The van der Waals surface area contributed by atoms with Gasteiger partial charge in [-0.25, -0.2) is 4.98 Å². The van der Waals surface area contributed by atoms with Crippen LogP contribution in [0.4, 0.5) is 0 Å². The van der Waals surface area contributed by atoms with Crippen LogP contribution in [0.3, 0.4) is 0 Å². The summed E-state index contributed by atoms with van der Waals surface area (Å²) in [5.74, 6) is -0.814. The number of halogens is 1. The van der Waals surface area contributed by atoms with Crippen LogP contribution in [0, 0.1) is 6.92 Å². The molecule has 0 saturated heterocycles. The summed E-state index contributed by atoms with van der Waals surface area (Å²) >= 11 is 7.38. The van der Waals surface area contributed by atoms with Crippen molar-refractivity contribution >= 4 is 34.8 Å². The molecule has 22 heavy (non-hydrogen) atoms. The number of carbonyl (C=O) groups excluding carboxylic acids is 2. The summed E-state index contributed by atoms with van der Waals surface area (Å²) in [5.41, 5.74) is 1.38. The molecule has 7 heteroatoms. The van der Waals surface area contributed by atoms with Crippen molar-refractivity contribution in [3.63, 3.8) is 0 Å². The van der Waals surface area contributed by atoms with E-state index < -0.39 is 5.97 Å². The number of hydrogen-bond donors (Lipinski definition) is 1. The van der Waals surface area contributed by atoms with Crippen LogP contribution in [0.2, 0.25) is 5.02 Å². The fourth-order valence-corrected chi connectivity index (χ4v) is 3.11. The third-order valence-electron chi connectivity index (χ3n) is 2.81. The summed E-state index contributed by atoms with van der Waals surface area (Å²) in [5, 5.41) is 3.78. The molecule has 0 fully saturated rings. The molecular weight excluding hydrogens is 324 g/mol. The lowest BCUT2D eigenvalue weighted by molar-refractivity contribution is -0.141. The van der Waals surface area contributed by atoms with Crippen LogP contribution < -0.4 is 5.32 Å². The van der Waals surface area contributed by atoms with Crippen molar-refractivity contribution in [1.29, 1.82) is 0 Å². The number of amides is 1. The minimum Gasteiger partial charge on any atom is -0.465 e. The van der Waals surface area contributed by atoms with Gasteiger partial charge in [-0.05, 0) is 19.9 Å². The molecule has 1 aromatic heterocycles. The van der Waals surface area contributed by atoms with E-state index in [-0.39, 0.29) is 19.1 Å². The first-order valence-electron chi connectivity index (χ1n) is 6.69. The largest absolute Gasteiger partial charge is 0.465 e. The maximum Gasteiger partial charge on any atom is 0.325 e. The van der Waals surface area contributed by atoms with E-state index in [2.05, 4.69) is 10.3 Å². The molecule has 1 amide bonds. The lowest BCUT2D eigenvalue weighted by atomic mass is 10.2. The summed E-state index contributed by atoms with van der Waals surface area (Å²) in [4.78, 5) is 28.2. The molecule has 0 saturated carbocycles. The quantitative estimate of drug-likeness (QED) is 0.851. The highest BCUT2D eigenvalue weighted by atomic mass is 35.5. The maximum absolute atomic E-state index is 12.1. The van der Waals surface area contributed by atoms with Crippen molar-refractivity contribution < 1.29 is 14.3 Å². The van der Waals surface area contributed by atoms with E-state index in [1.165, 1.54) is 11.3 Å². The number of thiazole rings is 1. The molecule has 0 atom stereocenters. The Morgan fingerprint density at radius 2 is 2.09 bits per heavy atom. The molecule has 1 aromatic carbocycles. The lowest BCUT2D eigenvalue weighted by Gasteiger charge is -2.03. The molecule has 116 valence electrons. The van der Waals surface area contributed by atoms with Crippen molar-refractivity contribution in [3.05, 3.63) is 39.9 Å². The average Bonchev–Trinajstić information content (AvgIpc) is 2.87. The summed E-state index contributed by atoms with van der Waals surface area (Å²) in [6, 6.07) is 7.31. The molecule has 0 spiro atoms. The van der Waals surface area contributed by atoms with Gasteiger partial charge in [0.1, 0.15) is 16.4 Å². The van der Waals surface area contributed by atoms with Gasteiger partial charge in [-0.2, -0.15) is 0 Å². The van der Waals surface area contributed by atoms with Crippen molar-refractivity contribution in [2.45, 2.75) is 13.8 Å². The van der Waals surface area contributed by atoms with E-state index in [0.717, 1.165) is 5.56 Å². The third kappa shape index (κ3) is 3.84. The van der Waals surface area contributed by atoms with E-state index in [1.54, 1.807) is 19.9 Å². The number of hydrogen-bond acceptors (Lipinski definition) is 5. The summed E-state index contributed by atoms with van der Waals surface area (Å²) in [6.07, 6.45) is 0. The highest BCUT2D eigenvalue weighted by Gasteiger charge is 2.18. The van der Waals surface area contributed by atoms with Gasteiger partial charge in [-0.3, -0.25) is 9.59 Å². The summed E-state index contributed by atoms with van der Waals surface area (Å²) in [6.45, 7) is 3.58. The Labute approximate surface area is 137 Å². The number of esters is 1. The molecule has 0 radical (unpaired) electrons. The van der Waals surface area contributed by atoms with Crippen LogP contribution in [-0.2, 0) is 9.53 Å². The zero-order chi connectivity index (χ0) is 16.1. The number of ether oxygens (including phenoxy) is 1. The Bertz CT molecular complexity index is 700. The molecule has 0 aliphatic rings. The van der Waals surface area contributed by atoms with Gasteiger partial charge in [0, 0.05) is 5.56 Å². The highest BCUT2D eigenvalue weighted by molar-refractivity contribution is 7.17. The second-order valence-corrected chi connectivity index (χ2v) is 5.81. The molecule has 1 N–H and O–H groups in total. The Morgan fingerprint density at radius 3 is 2.77 bits per heavy atom. The van der Waals surface area contributed by atoms with E-state index in [4.69, 9.17) is 16.3 Å². The lowest BCUT2D eigenvalue weighted by Crippen LogP contribution is -2.30. The smallest absolute Gasteiger partial charge is 0.325 e. The first kappa shape index (κ1) is 16.5. The first-order valence-corrected chi connectivity index (χ1v) is 7.88. The Balaban J connectivity index is 2.15. The number of aryl methyl sites for hydroxylation is 1. The van der Waals surface area contributed by atoms with Gasteiger partial charge < -0.3 is 10.1 Å². The average molecular weight is 339 g/mol. The van der Waals surface area contributed by atoms with Crippen molar-refractivity contribution in [2.75, 3.05) is 13.2 Å². The number of benzene rings is 1. The molecule has 0 unspecified atom stereocenters. The van der Waals surface area contributed by atoms with Crippen LogP contribution >= 0.6 is 22.9 Å². The normalized spacial score (nSPS) is 10.3. The first-order chi connectivity index (χ1) is 10.5. The van der Waals surface area contributed by atoms with Gasteiger partial charge in [0.25, 0.3) is 5.91 Å². The van der Waals surface area contributed by atoms with E-state index in [9.17, 15) is 9.59 Å². The number of rotatable bonds is 5. The van der Waals surface area contributed by atoms with Crippen LogP contribution in [0.5, 0.6) is 0 Å². The van der Waals surface area contributed by atoms with E-state index in [0.29, 0.717) is 20.6 Å². The van der Waals surface area contributed by atoms with Crippen molar-refractivity contribution in [3.8, 4) is 10.6 Å². The predicted molar refractivity (Wildman–Crippen MR) is 86.3 cm³/mol. The molecule has 1 heterocycles. The fourth-order valence-electron chi connectivity index (χ4n) is 1.80. The molecule has 0 aliphatic carbocycles. The molecule has 0 bridgehead atoms. The molecule has 5 nitrogen and oxygen atoms in total. The third-order valence-corrected chi connectivity index (χ3v) is 4.32. The molecule has 2 aromatic rings. The molecule has 0 aliphatic heterocycles. The van der Waals surface area contributed by atoms with Crippen LogP contribution in [0.25, 0.3) is 10.6 Å². The van der Waals surface area contributed by atoms with E-state index >= 15 is 0 Å². The minimum atomic E-state index is -0.468. The summed E-state index contributed by atoms with van der Waals surface area (Å²) < 4.78 is 4.77. The Morgan fingerprint density at radius 1 is 1.36 bits per heavy atom. The van der Waals surface area contributed by atoms with Gasteiger partial charge in [-0.15, -0.1) is 11.3 Å². The Kier molecular flexibility index (Phi) is 5.51. The number of aromatic nitrogens is 1. The van der Waals surface area contributed by atoms with Gasteiger partial charge >= 0.3 is 5.97 Å². The number of nitrogens with zero attached hydrogens (tertiary/aromatic N) is 1. The second-order valence-electron chi connectivity index (χ2n) is 4.40. The van der Waals surface area contributed by atoms with Crippen molar-refractivity contribution in [2.24, 2.45) is 0 Å². The number of carbonyl (C=O) groups is 2. The maximum atomic E-state index is 12.1. The fraction of sp³-hybridized carbons (Fsp3) is 0.267. The standard InChI is InChI=1S/C15H15ClN2O3S/c1-3-21-12(19)8-17-14(20)13-9(2)18-15(22-13)10-6-4-5-7-11(10)16/h4-7H,3,8H2,1-2H3,(H,17,20). The Hall–Kier alpha value is -1.92. The van der Waals surface area contributed by atoms with Crippen LogP contribution in [0.15, 0.2) is 24.3 Å². The highest BCUT2D eigenvalue weighted by Crippen LogP contribution is 2.32. The molecule has 2 rings (SSSR count). The second kappa shape index (κ2) is 7.38. The van der Waals surface area contributed by atoms with Gasteiger partial charge in [0.15, 0.2) is 0 Å². The van der Waals surface area contributed by atoms with E-state index in [1.807, 2.05) is 18.2 Å². The van der Waals surface area contributed by atoms with Crippen molar-refractivity contribution in [1.82, 2.24) is 10.3 Å². The SMILES string of the molecule is CCOC(=O)CNC(=O)c1sc(-c2ccccc2Cl)nc1C. The van der Waals surface area contributed by atoms with Crippen LogP contribution in [-0.4, -0.2) is 30.0 Å². The van der Waals surface area contributed by atoms with Gasteiger partial charge in [-0.1, -0.05) is 29.8 Å². The predicted octanol–water partition coefficient (Wildman–Crippen LogP) is 3.06. The summed E-state index contributed by atoms with van der Waals surface area (Å²) in [7, 11) is 0. The van der Waals surface area contributed by atoms with Gasteiger partial charge in [0.2, 0.25) is 0 Å².